The van der Waals surface area contributed by atoms with Gasteiger partial charge in [-0.05, 0) is 55.3 Å². The number of piperidine rings is 1. The van der Waals surface area contributed by atoms with Gasteiger partial charge in [0.05, 0.1) is 12.2 Å². The molecule has 0 aromatic heterocycles. The summed E-state index contributed by atoms with van der Waals surface area (Å²) in [6.45, 7) is 4.42. The van der Waals surface area contributed by atoms with Crippen LogP contribution in [0.2, 0.25) is 0 Å². The lowest BCUT2D eigenvalue weighted by Crippen LogP contribution is -2.58. The first kappa shape index (κ1) is 15.6. The van der Waals surface area contributed by atoms with Crippen LogP contribution in [0.25, 0.3) is 0 Å². The van der Waals surface area contributed by atoms with E-state index in [0.717, 1.165) is 31.4 Å². The molecule has 128 valence electrons. The van der Waals surface area contributed by atoms with Crippen molar-refractivity contribution >= 4 is 5.91 Å². The van der Waals surface area contributed by atoms with Crippen molar-refractivity contribution in [3.63, 3.8) is 0 Å². The molecule has 0 aromatic carbocycles. The van der Waals surface area contributed by atoms with Gasteiger partial charge in [-0.15, -0.1) is 0 Å². The highest BCUT2D eigenvalue weighted by atomic mass is 16.3. The van der Waals surface area contributed by atoms with Crippen LogP contribution >= 0.6 is 0 Å². The van der Waals surface area contributed by atoms with Crippen LogP contribution in [0.5, 0.6) is 0 Å². The van der Waals surface area contributed by atoms with Crippen LogP contribution in [0.15, 0.2) is 11.8 Å². The Balaban J connectivity index is 1.76. The van der Waals surface area contributed by atoms with Gasteiger partial charge >= 0.3 is 0 Å². The van der Waals surface area contributed by atoms with E-state index in [2.05, 4.69) is 19.9 Å². The number of aliphatic hydroxyl groups is 2. The number of hydrogen-bond acceptors (Lipinski definition) is 3. The van der Waals surface area contributed by atoms with Gasteiger partial charge in [-0.3, -0.25) is 4.79 Å². The van der Waals surface area contributed by atoms with Crippen molar-refractivity contribution in [1.29, 1.82) is 0 Å². The van der Waals surface area contributed by atoms with Crippen molar-refractivity contribution in [3.8, 4) is 0 Å². The third-order valence-corrected chi connectivity index (χ3v) is 7.90. The molecule has 2 saturated carbocycles. The van der Waals surface area contributed by atoms with E-state index >= 15 is 0 Å². The monoisotopic (exact) mass is 319 g/mol. The molecule has 1 aliphatic heterocycles. The zero-order valence-electron chi connectivity index (χ0n) is 14.5. The second-order valence-electron chi connectivity index (χ2n) is 8.86. The van der Waals surface area contributed by atoms with E-state index in [9.17, 15) is 15.0 Å². The van der Waals surface area contributed by atoms with E-state index in [4.69, 9.17) is 0 Å². The summed E-state index contributed by atoms with van der Waals surface area (Å²) in [5.41, 5.74) is 0.870. The molecule has 4 nitrogen and oxygen atoms in total. The Morgan fingerprint density at radius 3 is 2.74 bits per heavy atom. The molecular formula is C19H29NO3. The Labute approximate surface area is 138 Å². The maximum Gasteiger partial charge on any atom is 0.226 e. The van der Waals surface area contributed by atoms with E-state index < -0.39 is 0 Å². The Bertz CT molecular complexity index is 573. The van der Waals surface area contributed by atoms with Gasteiger partial charge < -0.3 is 15.1 Å². The number of aliphatic hydroxyl groups excluding tert-OH is 2. The Hall–Kier alpha value is -0.870. The van der Waals surface area contributed by atoms with Crippen molar-refractivity contribution in [1.82, 2.24) is 4.90 Å². The second kappa shape index (κ2) is 4.82. The Morgan fingerprint density at radius 2 is 2.00 bits per heavy atom. The van der Waals surface area contributed by atoms with Crippen molar-refractivity contribution in [3.05, 3.63) is 11.8 Å². The molecule has 1 amide bonds. The molecule has 1 heterocycles. The van der Waals surface area contributed by atoms with E-state index in [1.807, 2.05) is 11.9 Å². The standard InChI is InChI=1S/C19H29NO3/c1-18-9-8-16(23)20(3)14(18)6-4-11-12-5-7-15(22)19(12,2)10-13(21)17(11)18/h6,11-13,15,17,21-22H,4-5,7-10H2,1-3H3/t11?,12?,13-,15?,17?,18-,19-/m0/s1. The highest BCUT2D eigenvalue weighted by Gasteiger charge is 2.62. The number of fused-ring (bicyclic) bond motifs is 5. The second-order valence-corrected chi connectivity index (χ2v) is 8.86. The average Bonchev–Trinajstić information content (AvgIpc) is 2.78. The lowest BCUT2D eigenvalue weighted by Gasteiger charge is -2.59. The summed E-state index contributed by atoms with van der Waals surface area (Å²) in [5.74, 6) is 1.32. The molecule has 3 aliphatic carbocycles. The number of nitrogens with zero attached hydrogens (tertiary/aromatic N) is 1. The summed E-state index contributed by atoms with van der Waals surface area (Å²) >= 11 is 0. The average molecular weight is 319 g/mol. The third-order valence-electron chi connectivity index (χ3n) is 7.90. The lowest BCUT2D eigenvalue weighted by atomic mass is 9.48. The third kappa shape index (κ3) is 1.88. The van der Waals surface area contributed by atoms with Gasteiger partial charge in [0.2, 0.25) is 5.91 Å². The minimum atomic E-state index is -0.385. The van der Waals surface area contributed by atoms with Gasteiger partial charge in [0.15, 0.2) is 0 Å². The molecular weight excluding hydrogens is 290 g/mol. The van der Waals surface area contributed by atoms with Gasteiger partial charge in [-0.25, -0.2) is 0 Å². The van der Waals surface area contributed by atoms with Gasteiger partial charge in [-0.1, -0.05) is 19.9 Å². The Morgan fingerprint density at radius 1 is 1.26 bits per heavy atom. The normalized spacial score (nSPS) is 52.6. The molecule has 7 atom stereocenters. The van der Waals surface area contributed by atoms with Gasteiger partial charge in [0.1, 0.15) is 0 Å². The van der Waals surface area contributed by atoms with Crippen LogP contribution in [0.3, 0.4) is 0 Å². The maximum atomic E-state index is 12.1. The summed E-state index contributed by atoms with van der Waals surface area (Å²) in [6.07, 6.45) is 6.56. The summed E-state index contributed by atoms with van der Waals surface area (Å²) in [7, 11) is 1.88. The van der Waals surface area contributed by atoms with Crippen LogP contribution in [-0.2, 0) is 4.79 Å². The molecule has 0 spiro atoms. The maximum absolute atomic E-state index is 12.1. The zero-order chi connectivity index (χ0) is 16.6. The Kier molecular flexibility index (Phi) is 3.28. The molecule has 0 radical (unpaired) electrons. The minimum Gasteiger partial charge on any atom is -0.393 e. The summed E-state index contributed by atoms with van der Waals surface area (Å²) in [4.78, 5) is 13.9. The van der Waals surface area contributed by atoms with Crippen LogP contribution < -0.4 is 0 Å². The molecule has 3 fully saturated rings. The first-order valence-electron chi connectivity index (χ1n) is 9.12. The number of amides is 1. The summed E-state index contributed by atoms with van der Waals surface area (Å²) in [6, 6.07) is 0. The molecule has 23 heavy (non-hydrogen) atoms. The van der Waals surface area contributed by atoms with Crippen LogP contribution in [0, 0.1) is 28.6 Å². The van der Waals surface area contributed by atoms with Crippen LogP contribution in [0.4, 0.5) is 0 Å². The van der Waals surface area contributed by atoms with E-state index in [1.54, 1.807) is 0 Å². The highest BCUT2D eigenvalue weighted by molar-refractivity contribution is 5.79. The molecule has 0 bridgehead atoms. The molecule has 1 saturated heterocycles. The van der Waals surface area contributed by atoms with Crippen molar-refractivity contribution in [2.24, 2.45) is 28.6 Å². The van der Waals surface area contributed by atoms with Crippen molar-refractivity contribution in [2.45, 2.75) is 64.6 Å². The number of allylic oxidation sites excluding steroid dienone is 2. The predicted octanol–water partition coefficient (Wildman–Crippen LogP) is 2.31. The summed E-state index contributed by atoms with van der Waals surface area (Å²) < 4.78 is 0. The van der Waals surface area contributed by atoms with E-state index in [-0.39, 0.29) is 34.9 Å². The quantitative estimate of drug-likeness (QED) is 0.720. The largest absolute Gasteiger partial charge is 0.393 e. The predicted molar refractivity (Wildman–Crippen MR) is 87.3 cm³/mol. The fourth-order valence-electron chi connectivity index (χ4n) is 6.69. The highest BCUT2D eigenvalue weighted by Crippen LogP contribution is 2.64. The SMILES string of the molecule is CN1C(=O)CC[C@@]2(C)C1=CCC1C3CCC(O)[C@@]3(C)C[C@H](O)C12. The number of carbonyl (C=O) groups excluding carboxylic acids is 1. The molecule has 0 aromatic rings. The molecule has 4 heteroatoms. The smallest absolute Gasteiger partial charge is 0.226 e. The van der Waals surface area contributed by atoms with Crippen LogP contribution in [0.1, 0.15) is 52.4 Å². The van der Waals surface area contributed by atoms with Gasteiger partial charge in [0, 0.05) is 24.6 Å². The first-order valence-corrected chi connectivity index (χ1v) is 9.12. The molecule has 4 rings (SSSR count). The number of hydrogen-bond donors (Lipinski definition) is 2. The lowest BCUT2D eigenvalue weighted by molar-refractivity contribution is -0.151. The topological polar surface area (TPSA) is 60.8 Å². The van der Waals surface area contributed by atoms with Crippen molar-refractivity contribution in [2.75, 3.05) is 7.05 Å². The van der Waals surface area contributed by atoms with Crippen molar-refractivity contribution < 1.29 is 15.0 Å². The zero-order valence-corrected chi connectivity index (χ0v) is 14.5. The molecule has 4 aliphatic rings. The fraction of sp³-hybridized carbons (Fsp3) is 0.842. The summed E-state index contributed by atoms with van der Waals surface area (Å²) in [5, 5.41) is 21.5. The molecule has 4 unspecified atom stereocenters. The number of likely N-dealkylation sites (tertiary alicyclic amines) is 1. The van der Waals surface area contributed by atoms with Gasteiger partial charge in [0.25, 0.3) is 0 Å². The van der Waals surface area contributed by atoms with E-state index in [0.29, 0.717) is 24.7 Å². The fourth-order valence-corrected chi connectivity index (χ4v) is 6.69. The first-order chi connectivity index (χ1) is 10.8. The molecule has 2 N–H and O–H groups in total. The van der Waals surface area contributed by atoms with Gasteiger partial charge in [-0.2, -0.15) is 0 Å². The van der Waals surface area contributed by atoms with Crippen LogP contribution in [-0.4, -0.2) is 40.3 Å². The van der Waals surface area contributed by atoms with E-state index in [1.165, 1.54) is 0 Å². The minimum absolute atomic E-state index is 0.111. The number of rotatable bonds is 0. The number of carbonyl (C=O) groups is 1.